The van der Waals surface area contributed by atoms with E-state index in [1.54, 1.807) is 18.7 Å². The number of rotatable bonds is 0. The molecule has 0 aliphatic rings. The summed E-state index contributed by atoms with van der Waals surface area (Å²) in [6.45, 7) is 10.0. The number of H-pyrrole nitrogens is 1. The average molecular weight is 298 g/mol. The lowest BCUT2D eigenvalue weighted by molar-refractivity contribution is 1.22. The maximum absolute atomic E-state index is 3.96. The number of aryl methyl sites for hydroxylation is 3. The molecule has 2 rings (SSSR count). The largest absolute Gasteiger partial charge is 0.348 e. The molecule has 0 amide bonds. The number of hydrogen-bond acceptors (Lipinski definition) is 2. The number of pyridine rings is 1. The van der Waals surface area contributed by atoms with Crippen LogP contribution in [0.5, 0.6) is 0 Å². The molecule has 0 aliphatic heterocycles. The predicted octanol–water partition coefficient (Wildman–Crippen LogP) is 4.21. The molecule has 0 aromatic carbocycles. The van der Waals surface area contributed by atoms with Crippen LogP contribution < -0.4 is 0 Å². The van der Waals surface area contributed by atoms with Gasteiger partial charge in [0.2, 0.25) is 0 Å². The van der Waals surface area contributed by atoms with Crippen LogP contribution in [-0.2, 0) is 0 Å². The van der Waals surface area contributed by atoms with E-state index in [-0.39, 0.29) is 0 Å². The Hall–Kier alpha value is -1.16. The zero-order valence-electron chi connectivity index (χ0n) is 11.1. The average Bonchev–Trinajstić information content (AvgIpc) is 2.71. The van der Waals surface area contributed by atoms with Crippen LogP contribution in [0.1, 0.15) is 30.8 Å². The van der Waals surface area contributed by atoms with Gasteiger partial charge in [0.1, 0.15) is 0 Å². The number of halogens is 1. The minimum Gasteiger partial charge on any atom is -0.348 e. The van der Waals surface area contributed by atoms with Gasteiger partial charge >= 0.3 is 0 Å². The Kier molecular flexibility index (Phi) is 8.32. The van der Waals surface area contributed by atoms with Gasteiger partial charge in [-0.25, -0.2) is 4.98 Å². The molecule has 4 heteroatoms. The Morgan fingerprint density at radius 2 is 1.82 bits per heavy atom. The molecule has 0 fully saturated rings. The van der Waals surface area contributed by atoms with Gasteiger partial charge in [-0.05, 0) is 48.3 Å². The van der Waals surface area contributed by atoms with E-state index in [2.05, 4.69) is 30.9 Å². The van der Waals surface area contributed by atoms with Gasteiger partial charge < -0.3 is 4.98 Å². The third kappa shape index (κ3) is 6.22. The number of aromatic amines is 1. The van der Waals surface area contributed by atoms with Crippen LogP contribution in [0.15, 0.2) is 29.3 Å². The van der Waals surface area contributed by atoms with Crippen molar-refractivity contribution in [2.45, 2.75) is 34.6 Å². The molecule has 17 heavy (non-hydrogen) atoms. The fraction of sp³-hybridized carbons (Fsp3) is 0.385. The maximum atomic E-state index is 3.96. The highest BCUT2D eigenvalue weighted by Crippen LogP contribution is 2.11. The minimum absolute atomic E-state index is 1.07. The van der Waals surface area contributed by atoms with Gasteiger partial charge in [0.15, 0.2) is 0 Å². The Labute approximate surface area is 112 Å². The second-order valence-electron chi connectivity index (χ2n) is 3.24. The summed E-state index contributed by atoms with van der Waals surface area (Å²) in [5.41, 5.74) is 3.46. The molecule has 0 unspecified atom stereocenters. The molecule has 0 saturated heterocycles. The SMILES string of the molecule is CC.Cc1ccncc1Br.Cc1nc[nH]c1C. The summed E-state index contributed by atoms with van der Waals surface area (Å²) in [6.07, 6.45) is 5.26. The highest BCUT2D eigenvalue weighted by molar-refractivity contribution is 9.10. The second-order valence-corrected chi connectivity index (χ2v) is 4.09. The lowest BCUT2D eigenvalue weighted by Crippen LogP contribution is -1.74. The standard InChI is InChI=1S/C6H6BrN.C5H8N2.C2H6/c1-5-2-3-8-4-6(5)7;1-4-5(2)7-3-6-4;1-2/h2-4H,1H3;3H,1-2H3,(H,6,7);1-2H3. The number of aromatic nitrogens is 3. The molecule has 2 aromatic rings. The second kappa shape index (κ2) is 8.93. The topological polar surface area (TPSA) is 41.6 Å². The molecule has 2 aromatic heterocycles. The Balaban J connectivity index is 0.000000265. The monoisotopic (exact) mass is 297 g/mol. The fourth-order valence-corrected chi connectivity index (χ4v) is 1.12. The van der Waals surface area contributed by atoms with E-state index in [1.165, 1.54) is 5.56 Å². The summed E-state index contributed by atoms with van der Waals surface area (Å²) in [6, 6.07) is 1.96. The first-order valence-electron chi connectivity index (χ1n) is 5.64. The number of nitrogens with zero attached hydrogens (tertiary/aromatic N) is 2. The molecule has 0 spiro atoms. The van der Waals surface area contributed by atoms with Gasteiger partial charge in [-0.1, -0.05) is 13.8 Å². The van der Waals surface area contributed by atoms with Gasteiger partial charge in [-0.2, -0.15) is 0 Å². The lowest BCUT2D eigenvalue weighted by atomic mass is 10.3. The highest BCUT2D eigenvalue weighted by Gasteiger charge is 1.88. The fourth-order valence-electron chi connectivity index (χ4n) is 0.872. The molecule has 2 heterocycles. The molecule has 1 N–H and O–H groups in total. The number of imidazole rings is 1. The summed E-state index contributed by atoms with van der Waals surface area (Å²) in [5.74, 6) is 0. The van der Waals surface area contributed by atoms with E-state index in [4.69, 9.17) is 0 Å². The maximum Gasteiger partial charge on any atom is 0.0925 e. The van der Waals surface area contributed by atoms with E-state index in [0.29, 0.717) is 0 Å². The van der Waals surface area contributed by atoms with Gasteiger partial charge in [0.05, 0.1) is 12.0 Å². The first-order valence-corrected chi connectivity index (χ1v) is 6.43. The van der Waals surface area contributed by atoms with Crippen molar-refractivity contribution in [1.29, 1.82) is 0 Å². The molecular weight excluding hydrogens is 278 g/mol. The zero-order valence-corrected chi connectivity index (χ0v) is 12.7. The van der Waals surface area contributed by atoms with Crippen molar-refractivity contribution in [1.82, 2.24) is 15.0 Å². The van der Waals surface area contributed by atoms with Crippen LogP contribution in [-0.4, -0.2) is 15.0 Å². The zero-order chi connectivity index (χ0) is 13.3. The number of hydrogen-bond donors (Lipinski definition) is 1. The molecular formula is C13H20BrN3. The van der Waals surface area contributed by atoms with Crippen LogP contribution >= 0.6 is 15.9 Å². The minimum atomic E-state index is 1.07. The smallest absolute Gasteiger partial charge is 0.0925 e. The van der Waals surface area contributed by atoms with Gasteiger partial charge in [0.25, 0.3) is 0 Å². The van der Waals surface area contributed by atoms with E-state index in [9.17, 15) is 0 Å². The van der Waals surface area contributed by atoms with Crippen molar-refractivity contribution < 1.29 is 0 Å². The molecule has 0 bridgehead atoms. The van der Waals surface area contributed by atoms with Crippen LogP contribution in [0.2, 0.25) is 0 Å². The van der Waals surface area contributed by atoms with Crippen LogP contribution in [0, 0.1) is 20.8 Å². The Bertz CT molecular complexity index is 387. The summed E-state index contributed by atoms with van der Waals surface area (Å²) in [5, 5.41) is 0. The van der Waals surface area contributed by atoms with Crippen molar-refractivity contribution in [2.24, 2.45) is 0 Å². The normalized spacial score (nSPS) is 8.59. The summed E-state index contributed by atoms with van der Waals surface area (Å²) in [7, 11) is 0. The van der Waals surface area contributed by atoms with Crippen molar-refractivity contribution >= 4 is 15.9 Å². The third-order valence-corrected chi connectivity index (χ3v) is 2.89. The lowest BCUT2D eigenvalue weighted by Gasteiger charge is -1.90. The van der Waals surface area contributed by atoms with Crippen molar-refractivity contribution in [2.75, 3.05) is 0 Å². The number of nitrogens with one attached hydrogen (secondary N) is 1. The first-order chi connectivity index (χ1) is 8.11. The Morgan fingerprint density at radius 1 is 1.18 bits per heavy atom. The summed E-state index contributed by atoms with van der Waals surface area (Å²) >= 11 is 3.33. The summed E-state index contributed by atoms with van der Waals surface area (Å²) < 4.78 is 1.07. The quantitative estimate of drug-likeness (QED) is 0.791. The molecule has 3 nitrogen and oxygen atoms in total. The predicted molar refractivity (Wildman–Crippen MR) is 76.1 cm³/mol. The van der Waals surface area contributed by atoms with E-state index >= 15 is 0 Å². The van der Waals surface area contributed by atoms with Crippen molar-refractivity contribution in [3.8, 4) is 0 Å². The first kappa shape index (κ1) is 15.8. The van der Waals surface area contributed by atoms with Gasteiger partial charge in [-0.3, -0.25) is 4.98 Å². The molecule has 94 valence electrons. The van der Waals surface area contributed by atoms with Crippen LogP contribution in [0.4, 0.5) is 0 Å². The van der Waals surface area contributed by atoms with Gasteiger partial charge in [-0.15, -0.1) is 0 Å². The van der Waals surface area contributed by atoms with E-state index in [1.807, 2.05) is 40.7 Å². The summed E-state index contributed by atoms with van der Waals surface area (Å²) in [4.78, 5) is 10.8. The third-order valence-electron chi connectivity index (χ3n) is 2.06. The Morgan fingerprint density at radius 3 is 2.06 bits per heavy atom. The van der Waals surface area contributed by atoms with Crippen molar-refractivity contribution in [3.05, 3.63) is 46.2 Å². The molecule has 0 aliphatic carbocycles. The highest BCUT2D eigenvalue weighted by atomic mass is 79.9. The molecule has 0 saturated carbocycles. The molecule has 0 radical (unpaired) electrons. The van der Waals surface area contributed by atoms with Crippen LogP contribution in [0.25, 0.3) is 0 Å². The van der Waals surface area contributed by atoms with Crippen molar-refractivity contribution in [3.63, 3.8) is 0 Å². The van der Waals surface area contributed by atoms with E-state index in [0.717, 1.165) is 15.9 Å². The van der Waals surface area contributed by atoms with Gasteiger partial charge in [0, 0.05) is 22.6 Å². The van der Waals surface area contributed by atoms with E-state index < -0.39 is 0 Å². The molecule has 0 atom stereocenters. The van der Waals surface area contributed by atoms with Crippen LogP contribution in [0.3, 0.4) is 0 Å².